The molecule has 0 saturated heterocycles. The molecule has 0 amide bonds. The molecule has 0 spiro atoms. The summed E-state index contributed by atoms with van der Waals surface area (Å²) in [4.78, 5) is 16.8. The largest absolute Gasteiger partial charge is 0.497 e. The molecule has 0 aliphatic rings. The number of rotatable bonds is 5. The fourth-order valence-corrected chi connectivity index (χ4v) is 3.01. The summed E-state index contributed by atoms with van der Waals surface area (Å²) in [6.45, 7) is 3.69. The Hall–Kier alpha value is -2.67. The summed E-state index contributed by atoms with van der Waals surface area (Å²) in [6, 6.07) is 9.18. The zero-order valence-corrected chi connectivity index (χ0v) is 14.3. The summed E-state index contributed by atoms with van der Waals surface area (Å²) in [5.41, 5.74) is 2.10. The van der Waals surface area contributed by atoms with Gasteiger partial charge >= 0.3 is 5.97 Å². The fraction of sp³-hybridized carbons (Fsp3) is 0.235. The van der Waals surface area contributed by atoms with Crippen molar-refractivity contribution < 1.29 is 18.8 Å². The van der Waals surface area contributed by atoms with Crippen LogP contribution in [0, 0.1) is 13.8 Å². The highest BCUT2D eigenvalue weighted by molar-refractivity contribution is 7.13. The van der Waals surface area contributed by atoms with Crippen LogP contribution >= 0.6 is 11.3 Å². The van der Waals surface area contributed by atoms with Gasteiger partial charge in [0.15, 0.2) is 5.76 Å². The molecule has 0 aliphatic heterocycles. The molecule has 0 aliphatic carbocycles. The van der Waals surface area contributed by atoms with Crippen molar-refractivity contribution in [1.82, 2.24) is 10.1 Å². The highest BCUT2D eigenvalue weighted by Crippen LogP contribution is 2.24. The van der Waals surface area contributed by atoms with Crippen LogP contribution in [0.25, 0.3) is 11.3 Å². The van der Waals surface area contributed by atoms with Crippen molar-refractivity contribution in [2.45, 2.75) is 20.5 Å². The third-order valence-corrected chi connectivity index (χ3v) is 4.43. The Balaban J connectivity index is 1.65. The zero-order chi connectivity index (χ0) is 17.1. The average molecular weight is 344 g/mol. The lowest BCUT2D eigenvalue weighted by molar-refractivity contribution is 0.0469. The Morgan fingerprint density at radius 1 is 1.25 bits per heavy atom. The molecule has 124 valence electrons. The van der Waals surface area contributed by atoms with Gasteiger partial charge in [-0.1, -0.05) is 5.16 Å². The van der Waals surface area contributed by atoms with Gasteiger partial charge in [0, 0.05) is 11.6 Å². The number of nitrogens with zero attached hydrogens (tertiary/aromatic N) is 2. The van der Waals surface area contributed by atoms with Crippen molar-refractivity contribution in [1.29, 1.82) is 0 Å². The summed E-state index contributed by atoms with van der Waals surface area (Å²) in [5.74, 6) is 0.975. The summed E-state index contributed by atoms with van der Waals surface area (Å²) in [6.07, 6.45) is 0. The first-order valence-electron chi connectivity index (χ1n) is 7.28. The molecule has 6 nitrogen and oxygen atoms in total. The van der Waals surface area contributed by atoms with Gasteiger partial charge in [-0.25, -0.2) is 9.78 Å². The highest BCUT2D eigenvalue weighted by Gasteiger charge is 2.16. The highest BCUT2D eigenvalue weighted by atomic mass is 32.1. The minimum absolute atomic E-state index is 0.0505. The van der Waals surface area contributed by atoms with Gasteiger partial charge in [0.2, 0.25) is 0 Å². The molecule has 2 heterocycles. The molecule has 3 rings (SSSR count). The number of hydrogen-bond donors (Lipinski definition) is 0. The number of benzene rings is 1. The normalized spacial score (nSPS) is 10.6. The molecule has 0 atom stereocenters. The van der Waals surface area contributed by atoms with Crippen LogP contribution < -0.4 is 4.74 Å². The molecular weight excluding hydrogens is 328 g/mol. The number of methoxy groups -OCH3 is 1. The smallest absolute Gasteiger partial charge is 0.350 e. The second-order valence-corrected chi connectivity index (χ2v) is 6.34. The van der Waals surface area contributed by atoms with E-state index in [9.17, 15) is 4.79 Å². The van der Waals surface area contributed by atoms with Gasteiger partial charge in [-0.05, 0) is 38.1 Å². The van der Waals surface area contributed by atoms with Crippen LogP contribution in [0.4, 0.5) is 0 Å². The van der Waals surface area contributed by atoms with Crippen LogP contribution in [0.2, 0.25) is 0 Å². The van der Waals surface area contributed by atoms with Gasteiger partial charge in [0.1, 0.15) is 22.9 Å². The monoisotopic (exact) mass is 344 g/mol. The van der Waals surface area contributed by atoms with E-state index in [1.54, 1.807) is 20.1 Å². The number of carbonyl (C=O) groups excluding carboxylic acids is 1. The molecular formula is C17H16N2O4S. The lowest BCUT2D eigenvalue weighted by Gasteiger charge is -2.00. The Kier molecular flexibility index (Phi) is 4.61. The van der Waals surface area contributed by atoms with Crippen LogP contribution in [-0.2, 0) is 11.3 Å². The fourth-order valence-electron chi connectivity index (χ4n) is 2.20. The summed E-state index contributed by atoms with van der Waals surface area (Å²) in [7, 11) is 1.61. The third kappa shape index (κ3) is 3.46. The Labute approximate surface area is 143 Å². The van der Waals surface area contributed by atoms with Crippen LogP contribution in [-0.4, -0.2) is 23.2 Å². The zero-order valence-electron chi connectivity index (χ0n) is 13.5. The molecule has 0 bridgehead atoms. The number of aromatic nitrogens is 2. The van der Waals surface area contributed by atoms with Crippen LogP contribution in [0.3, 0.4) is 0 Å². The molecule has 7 heteroatoms. The molecule has 0 saturated carbocycles. The van der Waals surface area contributed by atoms with Crippen molar-refractivity contribution in [3.05, 3.63) is 51.6 Å². The first kappa shape index (κ1) is 16.2. The summed E-state index contributed by atoms with van der Waals surface area (Å²) in [5, 5.41) is 4.77. The molecule has 24 heavy (non-hydrogen) atoms. The van der Waals surface area contributed by atoms with E-state index in [-0.39, 0.29) is 6.61 Å². The van der Waals surface area contributed by atoms with E-state index in [1.807, 2.05) is 31.2 Å². The predicted octanol–water partition coefficient (Wildman–Crippen LogP) is 3.78. The van der Waals surface area contributed by atoms with Gasteiger partial charge in [0.05, 0.1) is 17.8 Å². The molecule has 0 unspecified atom stereocenters. The first-order chi connectivity index (χ1) is 11.6. The lowest BCUT2D eigenvalue weighted by Crippen LogP contribution is -2.05. The van der Waals surface area contributed by atoms with E-state index >= 15 is 0 Å². The Morgan fingerprint density at radius 2 is 2.00 bits per heavy atom. The van der Waals surface area contributed by atoms with E-state index in [4.69, 9.17) is 14.0 Å². The van der Waals surface area contributed by atoms with Gasteiger partial charge in [-0.2, -0.15) is 0 Å². The number of hydrogen-bond acceptors (Lipinski definition) is 7. The third-order valence-electron chi connectivity index (χ3n) is 3.37. The Bertz CT molecular complexity index is 852. The van der Waals surface area contributed by atoms with E-state index < -0.39 is 5.97 Å². The van der Waals surface area contributed by atoms with Crippen LogP contribution in [0.1, 0.15) is 26.1 Å². The predicted molar refractivity (Wildman–Crippen MR) is 89.2 cm³/mol. The van der Waals surface area contributed by atoms with Crippen molar-refractivity contribution in [3.63, 3.8) is 0 Å². The van der Waals surface area contributed by atoms with Crippen LogP contribution in [0.15, 0.2) is 34.9 Å². The number of aryl methyl sites for hydroxylation is 2. The lowest BCUT2D eigenvalue weighted by atomic mass is 10.1. The maximum Gasteiger partial charge on any atom is 0.350 e. The minimum Gasteiger partial charge on any atom is -0.497 e. The van der Waals surface area contributed by atoms with E-state index in [0.717, 1.165) is 16.3 Å². The second-order valence-electron chi connectivity index (χ2n) is 5.13. The molecule has 0 radical (unpaired) electrons. The van der Waals surface area contributed by atoms with Crippen molar-refractivity contribution in [2.24, 2.45) is 0 Å². The SMILES string of the molecule is COc1ccc(-c2cc(COC(=O)c3sc(C)nc3C)no2)cc1. The quantitative estimate of drug-likeness (QED) is 0.656. The number of ether oxygens (including phenoxy) is 2. The molecule has 0 N–H and O–H groups in total. The summed E-state index contributed by atoms with van der Waals surface area (Å²) >= 11 is 1.32. The first-order valence-corrected chi connectivity index (χ1v) is 8.09. The van der Waals surface area contributed by atoms with Gasteiger partial charge in [-0.3, -0.25) is 0 Å². The van der Waals surface area contributed by atoms with Gasteiger partial charge in [-0.15, -0.1) is 11.3 Å². The number of esters is 1. The number of carbonyl (C=O) groups is 1. The van der Waals surface area contributed by atoms with Crippen molar-refractivity contribution in [2.75, 3.05) is 7.11 Å². The van der Waals surface area contributed by atoms with Gasteiger partial charge < -0.3 is 14.0 Å². The molecule has 3 aromatic rings. The standard InChI is InChI=1S/C17H16N2O4S/c1-10-16(24-11(2)18-10)17(20)22-9-13-8-15(23-19-13)12-4-6-14(21-3)7-5-12/h4-8H,9H2,1-3H3. The number of thiazole rings is 1. The molecule has 1 aromatic carbocycles. The molecule has 2 aromatic heterocycles. The Morgan fingerprint density at radius 3 is 2.62 bits per heavy atom. The van der Waals surface area contributed by atoms with E-state index in [2.05, 4.69) is 10.1 Å². The molecule has 0 fully saturated rings. The van der Waals surface area contributed by atoms with Crippen molar-refractivity contribution in [3.8, 4) is 17.1 Å². The average Bonchev–Trinajstić information content (AvgIpc) is 3.19. The maximum absolute atomic E-state index is 12.1. The van der Waals surface area contributed by atoms with E-state index in [0.29, 0.717) is 22.0 Å². The van der Waals surface area contributed by atoms with Gasteiger partial charge in [0.25, 0.3) is 0 Å². The maximum atomic E-state index is 12.1. The van der Waals surface area contributed by atoms with Crippen molar-refractivity contribution >= 4 is 17.3 Å². The second kappa shape index (κ2) is 6.84. The van der Waals surface area contributed by atoms with Crippen LogP contribution in [0.5, 0.6) is 5.75 Å². The summed E-state index contributed by atoms with van der Waals surface area (Å²) < 4.78 is 15.7. The minimum atomic E-state index is -0.396. The topological polar surface area (TPSA) is 74.5 Å². The van der Waals surface area contributed by atoms with E-state index in [1.165, 1.54) is 11.3 Å².